The number of aliphatic hydroxyl groups excluding tert-OH is 1. The van der Waals surface area contributed by atoms with Crippen molar-refractivity contribution < 1.29 is 5.11 Å². The van der Waals surface area contributed by atoms with Gasteiger partial charge in [-0.3, -0.25) is 0 Å². The lowest BCUT2D eigenvalue weighted by atomic mass is 9.98. The molecule has 0 aromatic rings. The third-order valence-electron chi connectivity index (χ3n) is 2.03. The molecule has 0 fully saturated rings. The number of terminal acetylenes is 1. The van der Waals surface area contributed by atoms with Crippen LogP contribution in [0.15, 0.2) is 11.6 Å². The van der Waals surface area contributed by atoms with Crippen molar-refractivity contribution in [2.24, 2.45) is 5.92 Å². The minimum atomic E-state index is -0.568. The van der Waals surface area contributed by atoms with Gasteiger partial charge in [0.1, 0.15) is 6.10 Å². The van der Waals surface area contributed by atoms with E-state index in [1.807, 2.05) is 0 Å². The molecular weight excluding hydrogens is 160 g/mol. The Balaban J connectivity index is 3.58. The van der Waals surface area contributed by atoms with Crippen LogP contribution >= 0.6 is 0 Å². The summed E-state index contributed by atoms with van der Waals surface area (Å²) in [6, 6.07) is 0. The molecule has 0 aliphatic heterocycles. The van der Waals surface area contributed by atoms with Crippen molar-refractivity contribution >= 4 is 0 Å². The molecule has 1 unspecified atom stereocenters. The van der Waals surface area contributed by atoms with Gasteiger partial charge in [-0.1, -0.05) is 24.5 Å². The molecule has 13 heavy (non-hydrogen) atoms. The molecule has 0 heterocycles. The molecule has 0 spiro atoms. The molecule has 1 nitrogen and oxygen atoms in total. The Kier molecular flexibility index (Phi) is 6.36. The summed E-state index contributed by atoms with van der Waals surface area (Å²) in [6.07, 6.45) is 9.64. The lowest BCUT2D eigenvalue weighted by Gasteiger charge is -2.11. The van der Waals surface area contributed by atoms with Crippen LogP contribution in [0.2, 0.25) is 0 Å². The van der Waals surface area contributed by atoms with E-state index in [0.717, 1.165) is 12.8 Å². The summed E-state index contributed by atoms with van der Waals surface area (Å²) in [5.41, 5.74) is 1.35. The standard InChI is InChI=1S/C12H20O/c1-5-12(13)9-11(4)8-6-7-10(2)3/h1,7,11-13H,6,8-9H2,2-4H3/t11-,12?/m1/s1. The number of allylic oxidation sites excluding steroid dienone is 2. The van der Waals surface area contributed by atoms with E-state index >= 15 is 0 Å². The van der Waals surface area contributed by atoms with Crippen molar-refractivity contribution in [3.05, 3.63) is 11.6 Å². The van der Waals surface area contributed by atoms with Crippen LogP contribution in [0.25, 0.3) is 0 Å². The minimum Gasteiger partial charge on any atom is -0.380 e. The monoisotopic (exact) mass is 180 g/mol. The van der Waals surface area contributed by atoms with Gasteiger partial charge >= 0.3 is 0 Å². The maximum Gasteiger partial charge on any atom is 0.114 e. The Morgan fingerprint density at radius 1 is 1.54 bits per heavy atom. The maximum atomic E-state index is 9.19. The van der Waals surface area contributed by atoms with Crippen LogP contribution in [0.1, 0.15) is 40.0 Å². The summed E-state index contributed by atoms with van der Waals surface area (Å²) in [4.78, 5) is 0. The van der Waals surface area contributed by atoms with Crippen LogP contribution in [0.5, 0.6) is 0 Å². The quantitative estimate of drug-likeness (QED) is 0.509. The number of aliphatic hydroxyl groups is 1. The molecule has 0 aliphatic carbocycles. The average molecular weight is 180 g/mol. The van der Waals surface area contributed by atoms with E-state index in [-0.39, 0.29) is 0 Å². The van der Waals surface area contributed by atoms with Gasteiger partial charge in [0, 0.05) is 0 Å². The third-order valence-corrected chi connectivity index (χ3v) is 2.03. The summed E-state index contributed by atoms with van der Waals surface area (Å²) in [5.74, 6) is 2.84. The first-order chi connectivity index (χ1) is 6.06. The zero-order chi connectivity index (χ0) is 10.3. The molecule has 0 saturated heterocycles. The van der Waals surface area contributed by atoms with E-state index in [1.54, 1.807) is 0 Å². The second-order valence-corrected chi connectivity index (χ2v) is 3.88. The van der Waals surface area contributed by atoms with Crippen molar-refractivity contribution in [3.8, 4) is 12.3 Å². The fourth-order valence-electron chi connectivity index (χ4n) is 1.22. The van der Waals surface area contributed by atoms with Gasteiger partial charge in [-0.2, -0.15) is 0 Å². The smallest absolute Gasteiger partial charge is 0.114 e. The van der Waals surface area contributed by atoms with Crippen LogP contribution in [-0.4, -0.2) is 11.2 Å². The Bertz CT molecular complexity index is 194. The molecule has 2 atom stereocenters. The molecule has 74 valence electrons. The lowest BCUT2D eigenvalue weighted by molar-refractivity contribution is 0.197. The summed E-state index contributed by atoms with van der Waals surface area (Å²) in [6.45, 7) is 6.32. The SMILES string of the molecule is C#CC(O)C[C@H](C)CCC=C(C)C. The van der Waals surface area contributed by atoms with Crippen LogP contribution in [-0.2, 0) is 0 Å². The van der Waals surface area contributed by atoms with Gasteiger partial charge in [0.2, 0.25) is 0 Å². The first-order valence-corrected chi connectivity index (χ1v) is 4.83. The van der Waals surface area contributed by atoms with E-state index in [1.165, 1.54) is 5.57 Å². The van der Waals surface area contributed by atoms with Gasteiger partial charge in [-0.25, -0.2) is 0 Å². The zero-order valence-electron chi connectivity index (χ0n) is 8.88. The number of hydrogen-bond acceptors (Lipinski definition) is 1. The summed E-state index contributed by atoms with van der Waals surface area (Å²) < 4.78 is 0. The Hall–Kier alpha value is -0.740. The predicted octanol–water partition coefficient (Wildman–Crippen LogP) is 2.75. The molecule has 0 saturated carbocycles. The highest BCUT2D eigenvalue weighted by atomic mass is 16.3. The topological polar surface area (TPSA) is 20.2 Å². The van der Waals surface area contributed by atoms with E-state index in [4.69, 9.17) is 6.42 Å². The second kappa shape index (κ2) is 6.74. The Labute approximate surface area is 81.9 Å². The number of hydrogen-bond donors (Lipinski definition) is 1. The van der Waals surface area contributed by atoms with E-state index < -0.39 is 6.10 Å². The fraction of sp³-hybridized carbons (Fsp3) is 0.667. The van der Waals surface area contributed by atoms with E-state index in [9.17, 15) is 5.11 Å². The van der Waals surface area contributed by atoms with Gasteiger partial charge in [0.15, 0.2) is 0 Å². The van der Waals surface area contributed by atoms with E-state index in [2.05, 4.69) is 32.8 Å². The van der Waals surface area contributed by atoms with Crippen LogP contribution in [0.4, 0.5) is 0 Å². The highest BCUT2D eigenvalue weighted by molar-refractivity contribution is 4.95. The van der Waals surface area contributed by atoms with Gasteiger partial charge < -0.3 is 5.11 Å². The van der Waals surface area contributed by atoms with Gasteiger partial charge in [-0.15, -0.1) is 6.42 Å². The Morgan fingerprint density at radius 2 is 2.15 bits per heavy atom. The van der Waals surface area contributed by atoms with Crippen LogP contribution < -0.4 is 0 Å². The average Bonchev–Trinajstić information content (AvgIpc) is 2.03. The first kappa shape index (κ1) is 12.3. The molecule has 1 N–H and O–H groups in total. The minimum absolute atomic E-state index is 0.502. The molecule has 0 aromatic heterocycles. The van der Waals surface area contributed by atoms with Gasteiger partial charge in [-0.05, 0) is 39.0 Å². The molecule has 0 radical (unpaired) electrons. The number of rotatable bonds is 5. The maximum absolute atomic E-state index is 9.19. The molecular formula is C12H20O. The van der Waals surface area contributed by atoms with Crippen molar-refractivity contribution in [1.82, 2.24) is 0 Å². The van der Waals surface area contributed by atoms with Crippen molar-refractivity contribution in [2.75, 3.05) is 0 Å². The van der Waals surface area contributed by atoms with Gasteiger partial charge in [0.05, 0.1) is 0 Å². The molecule has 0 aliphatic rings. The van der Waals surface area contributed by atoms with Crippen molar-refractivity contribution in [1.29, 1.82) is 0 Å². The normalized spacial score (nSPS) is 14.4. The lowest BCUT2D eigenvalue weighted by Crippen LogP contribution is -2.08. The highest BCUT2D eigenvalue weighted by Crippen LogP contribution is 2.13. The van der Waals surface area contributed by atoms with Crippen LogP contribution in [0.3, 0.4) is 0 Å². The predicted molar refractivity (Wildman–Crippen MR) is 57.3 cm³/mol. The molecule has 0 bridgehead atoms. The molecule has 0 amide bonds. The molecule has 1 heteroatoms. The van der Waals surface area contributed by atoms with Gasteiger partial charge in [0.25, 0.3) is 0 Å². The molecule has 0 rings (SSSR count). The summed E-state index contributed by atoms with van der Waals surface area (Å²) in [5, 5.41) is 9.19. The molecule has 0 aromatic carbocycles. The van der Waals surface area contributed by atoms with Crippen molar-refractivity contribution in [3.63, 3.8) is 0 Å². The second-order valence-electron chi connectivity index (χ2n) is 3.88. The first-order valence-electron chi connectivity index (χ1n) is 4.83. The summed E-state index contributed by atoms with van der Waals surface area (Å²) in [7, 11) is 0. The Morgan fingerprint density at radius 3 is 2.62 bits per heavy atom. The fourth-order valence-corrected chi connectivity index (χ4v) is 1.22. The zero-order valence-corrected chi connectivity index (χ0v) is 8.88. The highest BCUT2D eigenvalue weighted by Gasteiger charge is 2.06. The summed E-state index contributed by atoms with van der Waals surface area (Å²) >= 11 is 0. The largest absolute Gasteiger partial charge is 0.380 e. The third kappa shape index (κ3) is 7.62. The van der Waals surface area contributed by atoms with Crippen LogP contribution in [0, 0.1) is 18.3 Å². The van der Waals surface area contributed by atoms with Crippen molar-refractivity contribution in [2.45, 2.75) is 46.1 Å². The van der Waals surface area contributed by atoms with E-state index in [0.29, 0.717) is 12.3 Å².